The van der Waals surface area contributed by atoms with Gasteiger partial charge in [-0.2, -0.15) is 0 Å². The minimum absolute atomic E-state index is 0.209. The minimum atomic E-state index is -0.317. The van der Waals surface area contributed by atoms with Gasteiger partial charge in [0, 0.05) is 19.4 Å². The lowest BCUT2D eigenvalue weighted by Crippen LogP contribution is -2.44. The highest BCUT2D eigenvalue weighted by Crippen LogP contribution is 2.37. The summed E-state index contributed by atoms with van der Waals surface area (Å²) in [5.41, 5.74) is 1.25. The van der Waals surface area contributed by atoms with Crippen LogP contribution in [0.25, 0.3) is 0 Å². The maximum Gasteiger partial charge on any atom is 0.0848 e. The van der Waals surface area contributed by atoms with Gasteiger partial charge in [0.05, 0.1) is 30.0 Å². The molecule has 0 aromatic rings. The number of hydrogen-bond acceptors (Lipinski definition) is 4. The largest absolute Gasteiger partial charge is 0.376 e. The van der Waals surface area contributed by atoms with Crippen LogP contribution in [0.2, 0.25) is 0 Å². The zero-order valence-electron chi connectivity index (χ0n) is 19.7. The zero-order chi connectivity index (χ0) is 21.3. The highest BCUT2D eigenvalue weighted by molar-refractivity contribution is 5.82. The van der Waals surface area contributed by atoms with Crippen molar-refractivity contribution >= 4 is 5.71 Å². The molecule has 0 heterocycles. The third-order valence-electron chi connectivity index (χ3n) is 4.90. The van der Waals surface area contributed by atoms with E-state index in [4.69, 9.17) is 14.2 Å². The predicted octanol–water partition coefficient (Wildman–Crippen LogP) is 5.85. The Hall–Kier alpha value is -0.710. The van der Waals surface area contributed by atoms with Gasteiger partial charge < -0.3 is 14.2 Å². The van der Waals surface area contributed by atoms with Gasteiger partial charge in [-0.3, -0.25) is 4.99 Å². The van der Waals surface area contributed by atoms with Crippen molar-refractivity contribution in [3.63, 3.8) is 0 Å². The molecule has 0 amide bonds. The molecule has 0 aliphatic carbocycles. The predicted molar refractivity (Wildman–Crippen MR) is 117 cm³/mol. The van der Waals surface area contributed by atoms with E-state index in [-0.39, 0.29) is 22.7 Å². The average molecular weight is 384 g/mol. The molecule has 27 heavy (non-hydrogen) atoms. The summed E-state index contributed by atoms with van der Waals surface area (Å²) in [5.74, 6) is 0.272. The Morgan fingerprint density at radius 1 is 0.889 bits per heavy atom. The van der Waals surface area contributed by atoms with Crippen molar-refractivity contribution in [1.82, 2.24) is 0 Å². The average Bonchev–Trinajstić information content (AvgIpc) is 2.55. The molecule has 0 saturated carbocycles. The normalized spacial score (nSPS) is 15.1. The molecular weight excluding hydrogens is 338 g/mol. The van der Waals surface area contributed by atoms with Gasteiger partial charge in [-0.15, -0.1) is 0 Å². The van der Waals surface area contributed by atoms with Crippen molar-refractivity contribution in [3.05, 3.63) is 12.2 Å². The minimum Gasteiger partial charge on any atom is -0.376 e. The molecule has 0 N–H and O–H groups in total. The van der Waals surface area contributed by atoms with Crippen LogP contribution in [0.4, 0.5) is 0 Å². The third kappa shape index (κ3) is 11.7. The van der Waals surface area contributed by atoms with Gasteiger partial charge in [-0.1, -0.05) is 19.1 Å². The van der Waals surface area contributed by atoms with E-state index in [1.54, 1.807) is 7.05 Å². The third-order valence-corrected chi connectivity index (χ3v) is 4.90. The molecule has 0 aromatic heterocycles. The Morgan fingerprint density at radius 3 is 1.85 bits per heavy atom. The fraction of sp³-hybridized carbons (Fsp3) is 0.870. The van der Waals surface area contributed by atoms with Crippen molar-refractivity contribution in [2.75, 3.05) is 26.9 Å². The van der Waals surface area contributed by atoms with Crippen molar-refractivity contribution in [2.24, 2.45) is 10.9 Å². The molecule has 1 unspecified atom stereocenters. The SMILES string of the molecule is C=C(C)COC(C)(C)CC(CC(C)(C)OCCC)C(C)(C)OCC(C)=NC. The molecule has 4 nitrogen and oxygen atoms in total. The van der Waals surface area contributed by atoms with Crippen molar-refractivity contribution in [3.8, 4) is 0 Å². The topological polar surface area (TPSA) is 40.0 Å². The maximum atomic E-state index is 6.31. The van der Waals surface area contributed by atoms with E-state index >= 15 is 0 Å². The van der Waals surface area contributed by atoms with Crippen LogP contribution in [-0.2, 0) is 14.2 Å². The molecule has 0 radical (unpaired) electrons. The highest BCUT2D eigenvalue weighted by atomic mass is 16.5. The summed E-state index contributed by atoms with van der Waals surface area (Å²) in [5, 5.41) is 0. The first-order valence-corrected chi connectivity index (χ1v) is 10.2. The number of hydrogen-bond donors (Lipinski definition) is 0. The number of nitrogens with zero attached hydrogens (tertiary/aromatic N) is 1. The van der Waals surface area contributed by atoms with Crippen molar-refractivity contribution < 1.29 is 14.2 Å². The Bertz CT molecular complexity index is 478. The quantitative estimate of drug-likeness (QED) is 0.279. The van der Waals surface area contributed by atoms with Crippen LogP contribution in [0.5, 0.6) is 0 Å². The van der Waals surface area contributed by atoms with E-state index in [0.717, 1.165) is 37.2 Å². The van der Waals surface area contributed by atoms with Gasteiger partial charge in [0.25, 0.3) is 0 Å². The Balaban J connectivity index is 5.37. The first-order valence-electron chi connectivity index (χ1n) is 10.2. The summed E-state index contributed by atoms with van der Waals surface area (Å²) in [6, 6.07) is 0. The van der Waals surface area contributed by atoms with E-state index in [1.165, 1.54) is 0 Å². The van der Waals surface area contributed by atoms with Gasteiger partial charge in [-0.05, 0) is 80.6 Å². The molecule has 0 bridgehead atoms. The number of rotatable bonds is 14. The second-order valence-corrected chi connectivity index (χ2v) is 9.57. The van der Waals surface area contributed by atoms with E-state index in [1.807, 2.05) is 13.8 Å². The molecule has 1 atom stereocenters. The van der Waals surface area contributed by atoms with Crippen LogP contribution in [-0.4, -0.2) is 49.4 Å². The van der Waals surface area contributed by atoms with E-state index < -0.39 is 0 Å². The lowest BCUT2D eigenvalue weighted by Gasteiger charge is -2.42. The fourth-order valence-electron chi connectivity index (χ4n) is 3.04. The van der Waals surface area contributed by atoms with Crippen LogP contribution < -0.4 is 0 Å². The number of ether oxygens (including phenoxy) is 3. The Kier molecular flexibility index (Phi) is 11.0. The van der Waals surface area contributed by atoms with Crippen molar-refractivity contribution in [1.29, 1.82) is 0 Å². The number of aliphatic imine (C=N–C) groups is 1. The molecule has 160 valence electrons. The van der Waals surface area contributed by atoms with Crippen LogP contribution in [0.1, 0.15) is 81.6 Å². The molecule has 0 rings (SSSR count). The summed E-state index contributed by atoms with van der Waals surface area (Å²) < 4.78 is 18.6. The van der Waals surface area contributed by atoms with Gasteiger partial charge in [0.15, 0.2) is 0 Å². The molecule has 0 aliphatic rings. The molecule has 0 spiro atoms. The summed E-state index contributed by atoms with van der Waals surface area (Å²) in [6.45, 7) is 25.0. The van der Waals surface area contributed by atoms with E-state index in [2.05, 4.69) is 60.0 Å². The van der Waals surface area contributed by atoms with Crippen LogP contribution in [0, 0.1) is 5.92 Å². The lowest BCUT2D eigenvalue weighted by molar-refractivity contribution is -0.116. The van der Waals surface area contributed by atoms with Gasteiger partial charge in [0.1, 0.15) is 0 Å². The Morgan fingerprint density at radius 2 is 1.41 bits per heavy atom. The van der Waals surface area contributed by atoms with Gasteiger partial charge in [0.2, 0.25) is 0 Å². The van der Waals surface area contributed by atoms with Crippen LogP contribution in [0.15, 0.2) is 17.1 Å². The first-order chi connectivity index (χ1) is 12.2. The first kappa shape index (κ1) is 26.3. The molecule has 0 aliphatic heterocycles. The summed E-state index contributed by atoms with van der Waals surface area (Å²) in [6.07, 6.45) is 2.81. The summed E-state index contributed by atoms with van der Waals surface area (Å²) in [4.78, 5) is 4.22. The standard InChI is InChI=1S/C23H45NO3/c1-12-13-25-21(5,6)14-20(15-22(7,8)26-16-18(2)3)23(9,10)27-17-19(4)24-11/h20H,2,12-17H2,1,3-11H3. The monoisotopic (exact) mass is 383 g/mol. The van der Waals surface area contributed by atoms with Gasteiger partial charge in [-0.25, -0.2) is 0 Å². The van der Waals surface area contributed by atoms with E-state index in [0.29, 0.717) is 13.2 Å². The molecule has 0 aromatic carbocycles. The molecule has 0 saturated heterocycles. The van der Waals surface area contributed by atoms with Crippen LogP contribution >= 0.6 is 0 Å². The second kappa shape index (κ2) is 11.3. The summed E-state index contributed by atoms with van der Waals surface area (Å²) in [7, 11) is 1.81. The highest BCUT2D eigenvalue weighted by Gasteiger charge is 2.39. The van der Waals surface area contributed by atoms with Gasteiger partial charge >= 0.3 is 0 Å². The lowest BCUT2D eigenvalue weighted by atomic mass is 9.76. The Labute approximate surface area is 168 Å². The smallest absolute Gasteiger partial charge is 0.0848 e. The molecule has 4 heteroatoms. The van der Waals surface area contributed by atoms with Crippen LogP contribution in [0.3, 0.4) is 0 Å². The summed E-state index contributed by atoms with van der Waals surface area (Å²) >= 11 is 0. The second-order valence-electron chi connectivity index (χ2n) is 9.57. The zero-order valence-corrected chi connectivity index (χ0v) is 19.7. The molecule has 0 fully saturated rings. The maximum absolute atomic E-state index is 6.31. The fourth-order valence-corrected chi connectivity index (χ4v) is 3.04. The van der Waals surface area contributed by atoms with Crippen molar-refractivity contribution in [2.45, 2.75) is 98.4 Å². The van der Waals surface area contributed by atoms with E-state index in [9.17, 15) is 0 Å². The molecular formula is C23H45NO3.